The van der Waals surface area contributed by atoms with E-state index in [2.05, 4.69) is 4.99 Å². The molecule has 2 aliphatic heterocycles. The van der Waals surface area contributed by atoms with Crippen molar-refractivity contribution in [2.45, 2.75) is 6.04 Å². The highest BCUT2D eigenvalue weighted by molar-refractivity contribution is 6.06. The van der Waals surface area contributed by atoms with Gasteiger partial charge in [0.05, 0.1) is 6.54 Å². The largest absolute Gasteiger partial charge is 0.385 e. The minimum absolute atomic E-state index is 0.169. The summed E-state index contributed by atoms with van der Waals surface area (Å²) in [5.74, 6) is 0.481. The number of amides is 2. The summed E-state index contributed by atoms with van der Waals surface area (Å²) >= 11 is 0. The Kier molecular flexibility index (Phi) is 0.420. The molecule has 2 N–H and O–H groups in total. The summed E-state index contributed by atoms with van der Waals surface area (Å²) in [6, 6.07) is -0.00463. The highest BCUT2D eigenvalue weighted by Gasteiger charge is 2.46. The molecule has 8 heavy (non-hydrogen) atoms. The lowest BCUT2D eigenvalue weighted by Gasteiger charge is -1.81. The smallest absolute Gasteiger partial charge is 0.346 e. The van der Waals surface area contributed by atoms with Gasteiger partial charge in [-0.1, -0.05) is 0 Å². The first-order chi connectivity index (χ1) is 3.79. The van der Waals surface area contributed by atoms with Gasteiger partial charge in [-0.15, -0.1) is 0 Å². The molecule has 0 radical (unpaired) electrons. The Morgan fingerprint density at radius 1 is 2.00 bits per heavy atom. The summed E-state index contributed by atoms with van der Waals surface area (Å²) < 4.78 is 0. The van der Waals surface area contributed by atoms with E-state index in [0.717, 1.165) is 6.54 Å². The van der Waals surface area contributed by atoms with Gasteiger partial charge in [0.15, 0.2) is 0 Å². The number of nitrogens with zero attached hydrogens (tertiary/aromatic N) is 2. The molecule has 0 aliphatic carbocycles. The lowest BCUT2D eigenvalue weighted by Crippen LogP contribution is -2.16. The number of rotatable bonds is 0. The lowest BCUT2D eigenvalue weighted by atomic mass is 10.4. The maximum absolute atomic E-state index is 10.5. The normalized spacial score (nSPS) is 32.5. The molecular weight excluding hydrogens is 108 g/mol. The van der Waals surface area contributed by atoms with E-state index in [9.17, 15) is 4.79 Å². The summed E-state index contributed by atoms with van der Waals surface area (Å²) in [4.78, 5) is 15.6. The molecule has 2 aliphatic rings. The summed E-state index contributed by atoms with van der Waals surface area (Å²) in [5.41, 5.74) is 5.30. The van der Waals surface area contributed by atoms with Gasteiger partial charge in [0, 0.05) is 0 Å². The maximum atomic E-state index is 10.5. The number of urea groups is 1. The van der Waals surface area contributed by atoms with Crippen LogP contribution >= 0.6 is 0 Å². The van der Waals surface area contributed by atoms with Crippen LogP contribution in [0.3, 0.4) is 0 Å². The molecule has 2 heterocycles. The van der Waals surface area contributed by atoms with Gasteiger partial charge in [-0.05, 0) is 0 Å². The molecule has 0 aromatic rings. The van der Waals surface area contributed by atoms with Crippen LogP contribution in [0.15, 0.2) is 4.99 Å². The third-order valence-corrected chi connectivity index (χ3v) is 1.42. The highest BCUT2D eigenvalue weighted by atomic mass is 16.4. The Bertz CT molecular complexity index is 186. The predicted octanol–water partition coefficient (Wildman–Crippen LogP) is -0.839. The number of aliphatic imine (C=N–C) groups is 1. The van der Waals surface area contributed by atoms with Crippen molar-refractivity contribution in [3.63, 3.8) is 0 Å². The van der Waals surface area contributed by atoms with E-state index in [0.29, 0.717) is 5.84 Å². The van der Waals surface area contributed by atoms with Crippen molar-refractivity contribution in [2.24, 2.45) is 10.7 Å². The predicted molar refractivity (Wildman–Crippen MR) is 27.5 cm³/mol. The van der Waals surface area contributed by atoms with E-state index >= 15 is 0 Å². The van der Waals surface area contributed by atoms with Crippen molar-refractivity contribution in [1.29, 1.82) is 0 Å². The fourth-order valence-corrected chi connectivity index (χ4v) is 0.853. The van der Waals surface area contributed by atoms with Crippen LogP contribution in [-0.2, 0) is 0 Å². The van der Waals surface area contributed by atoms with Gasteiger partial charge in [-0.25, -0.2) is 4.79 Å². The molecule has 0 bridgehead atoms. The van der Waals surface area contributed by atoms with E-state index in [1.807, 2.05) is 0 Å². The van der Waals surface area contributed by atoms with Crippen LogP contribution in [0.1, 0.15) is 0 Å². The Hall–Kier alpha value is -1.06. The fraction of sp³-hybridized carbons (Fsp3) is 0.500. The average molecular weight is 113 g/mol. The van der Waals surface area contributed by atoms with Crippen LogP contribution in [0.5, 0.6) is 0 Å². The molecule has 1 unspecified atom stereocenters. The van der Waals surface area contributed by atoms with E-state index < -0.39 is 0 Å². The van der Waals surface area contributed by atoms with E-state index in [1.165, 1.54) is 0 Å². The van der Waals surface area contributed by atoms with Crippen molar-refractivity contribution in [2.75, 3.05) is 6.54 Å². The zero-order valence-electron chi connectivity index (χ0n) is 4.16. The number of carbonyl (C=O) groups is 1. The van der Waals surface area contributed by atoms with Crippen molar-refractivity contribution in [1.82, 2.24) is 4.90 Å². The standard InChI is InChI=1S/C4H5N3O/c5-3-2-1-7(2)4(8)6-3/h2H,1H2,(H2,5,6,8)/i4+2. The highest BCUT2D eigenvalue weighted by Crippen LogP contribution is 2.23. The fourth-order valence-electron chi connectivity index (χ4n) is 0.853. The number of hydrogen-bond acceptors (Lipinski definition) is 2. The Labute approximate surface area is 46.0 Å². The summed E-state index contributed by atoms with van der Waals surface area (Å²) in [6.45, 7) is 0.786. The average Bonchev–Trinajstić information content (AvgIpc) is 2.35. The van der Waals surface area contributed by atoms with E-state index in [-0.39, 0.29) is 12.1 Å². The quantitative estimate of drug-likeness (QED) is 0.416. The van der Waals surface area contributed by atoms with Crippen LogP contribution in [0.4, 0.5) is 4.79 Å². The van der Waals surface area contributed by atoms with Gasteiger partial charge in [-0.3, -0.25) is 0 Å². The summed E-state index contributed by atoms with van der Waals surface area (Å²) in [6.07, 6.45) is 0. The number of amidine groups is 1. The molecule has 0 aromatic carbocycles. The zero-order chi connectivity index (χ0) is 5.72. The number of carbonyl (C=O) groups excluding carboxylic acids is 1. The SMILES string of the molecule is NC1=N[14C](=O)N2CC12. The maximum Gasteiger partial charge on any atom is 0.346 e. The lowest BCUT2D eigenvalue weighted by molar-refractivity contribution is 0.240. The molecule has 2 amide bonds. The molecule has 1 atom stereocenters. The van der Waals surface area contributed by atoms with Crippen LogP contribution in [0, 0.1) is 0 Å². The number of fused-ring (bicyclic) bond motifs is 1. The minimum Gasteiger partial charge on any atom is -0.385 e. The van der Waals surface area contributed by atoms with Crippen molar-refractivity contribution < 1.29 is 4.79 Å². The Balaban J connectivity index is 2.37. The number of nitrogens with two attached hydrogens (primary N) is 1. The first-order valence-electron chi connectivity index (χ1n) is 2.43. The monoisotopic (exact) mass is 113 g/mol. The van der Waals surface area contributed by atoms with Gasteiger partial charge in [0.2, 0.25) is 0 Å². The number of hydrogen-bond donors (Lipinski definition) is 1. The molecule has 0 spiro atoms. The van der Waals surface area contributed by atoms with Crippen LogP contribution < -0.4 is 5.73 Å². The van der Waals surface area contributed by atoms with Crippen molar-refractivity contribution >= 4 is 11.9 Å². The van der Waals surface area contributed by atoms with Crippen LogP contribution in [0.2, 0.25) is 0 Å². The molecule has 1 saturated heterocycles. The molecule has 0 saturated carbocycles. The van der Waals surface area contributed by atoms with Crippen LogP contribution in [-0.4, -0.2) is 29.4 Å². The zero-order valence-corrected chi connectivity index (χ0v) is 4.16. The summed E-state index contributed by atoms with van der Waals surface area (Å²) in [7, 11) is 0. The molecule has 4 heteroatoms. The minimum atomic E-state index is -0.174. The second-order valence-electron chi connectivity index (χ2n) is 1.99. The van der Waals surface area contributed by atoms with Gasteiger partial charge >= 0.3 is 6.03 Å². The molecule has 42 valence electrons. The third kappa shape index (κ3) is 0.267. The molecule has 2 rings (SSSR count). The van der Waals surface area contributed by atoms with Gasteiger partial charge in [-0.2, -0.15) is 4.99 Å². The Morgan fingerprint density at radius 3 is 2.88 bits per heavy atom. The Morgan fingerprint density at radius 2 is 2.75 bits per heavy atom. The first-order valence-corrected chi connectivity index (χ1v) is 2.43. The van der Waals surface area contributed by atoms with E-state index in [4.69, 9.17) is 5.73 Å². The second kappa shape index (κ2) is 0.866. The van der Waals surface area contributed by atoms with E-state index in [1.54, 1.807) is 4.90 Å². The molecular formula is C4H5N3O. The molecule has 0 aromatic heterocycles. The van der Waals surface area contributed by atoms with Gasteiger partial charge in [0.1, 0.15) is 11.9 Å². The third-order valence-electron chi connectivity index (χ3n) is 1.42. The molecule has 4 nitrogen and oxygen atoms in total. The van der Waals surface area contributed by atoms with Crippen LogP contribution in [0.25, 0.3) is 0 Å². The second-order valence-corrected chi connectivity index (χ2v) is 1.99. The van der Waals surface area contributed by atoms with Crippen molar-refractivity contribution in [3.8, 4) is 0 Å². The van der Waals surface area contributed by atoms with Crippen molar-refractivity contribution in [3.05, 3.63) is 0 Å². The topological polar surface area (TPSA) is 58.5 Å². The summed E-state index contributed by atoms with van der Waals surface area (Å²) in [5, 5.41) is 0. The van der Waals surface area contributed by atoms with Gasteiger partial charge in [0.25, 0.3) is 0 Å². The molecule has 1 fully saturated rings. The first kappa shape index (κ1) is 3.88. The van der Waals surface area contributed by atoms with Gasteiger partial charge < -0.3 is 10.6 Å².